The molecule has 0 saturated carbocycles. The monoisotopic (exact) mass is 434 g/mol. The normalized spacial score (nSPS) is 19.9. The first-order valence-corrected chi connectivity index (χ1v) is 11.6. The van der Waals surface area contributed by atoms with Crippen LogP contribution < -0.4 is 14.2 Å². The Bertz CT molecular complexity index is 934. The van der Waals surface area contributed by atoms with E-state index >= 15 is 0 Å². The molecule has 30 heavy (non-hydrogen) atoms. The zero-order chi connectivity index (χ0) is 21.7. The Hall–Kier alpha value is -2.13. The Labute approximate surface area is 178 Å². The van der Waals surface area contributed by atoms with Gasteiger partial charge in [-0.2, -0.15) is 5.06 Å². The van der Waals surface area contributed by atoms with E-state index in [-0.39, 0.29) is 12.5 Å². The van der Waals surface area contributed by atoms with Gasteiger partial charge in [0.05, 0.1) is 19.8 Å². The van der Waals surface area contributed by atoms with E-state index in [0.717, 1.165) is 11.1 Å². The minimum atomic E-state index is -3.56. The van der Waals surface area contributed by atoms with E-state index in [1.165, 1.54) is 0 Å². The Morgan fingerprint density at radius 1 is 1.17 bits per heavy atom. The molecule has 1 aliphatic rings. The van der Waals surface area contributed by atoms with Crippen molar-refractivity contribution in [2.24, 2.45) is 5.92 Å². The Kier molecular flexibility index (Phi) is 7.36. The Morgan fingerprint density at radius 3 is 2.57 bits per heavy atom. The van der Waals surface area contributed by atoms with Gasteiger partial charge in [0, 0.05) is 13.6 Å². The van der Waals surface area contributed by atoms with Crippen LogP contribution in [0.25, 0.3) is 0 Å². The van der Waals surface area contributed by atoms with Gasteiger partial charge in [0.2, 0.25) is 10.0 Å². The van der Waals surface area contributed by atoms with Crippen LogP contribution in [0.5, 0.6) is 11.5 Å². The quantitative estimate of drug-likeness (QED) is 0.653. The minimum Gasteiger partial charge on any atom is -0.493 e. The molecule has 1 N–H and O–H groups in total. The highest BCUT2D eigenvalue weighted by molar-refractivity contribution is 7.90. The van der Waals surface area contributed by atoms with Crippen molar-refractivity contribution in [1.29, 1.82) is 0 Å². The second-order valence-corrected chi connectivity index (χ2v) is 9.78. The number of rotatable bonds is 9. The van der Waals surface area contributed by atoms with Gasteiger partial charge in [-0.1, -0.05) is 50.2 Å². The summed E-state index contributed by atoms with van der Waals surface area (Å²) < 4.78 is 40.0. The molecule has 0 aromatic heterocycles. The molecule has 2 atom stereocenters. The zero-order valence-corrected chi connectivity index (χ0v) is 18.7. The van der Waals surface area contributed by atoms with Crippen molar-refractivity contribution in [3.05, 3.63) is 59.7 Å². The van der Waals surface area contributed by atoms with Crippen LogP contribution in [0.2, 0.25) is 0 Å². The van der Waals surface area contributed by atoms with Crippen LogP contribution in [0, 0.1) is 5.92 Å². The molecule has 8 heteroatoms. The molecule has 0 unspecified atom stereocenters. The average molecular weight is 435 g/mol. The largest absolute Gasteiger partial charge is 0.493 e. The first-order valence-electron chi connectivity index (χ1n) is 10.0. The molecule has 0 amide bonds. The van der Waals surface area contributed by atoms with Crippen molar-refractivity contribution in [2.75, 3.05) is 27.3 Å². The molecule has 0 bridgehead atoms. The molecule has 1 heterocycles. The van der Waals surface area contributed by atoms with Gasteiger partial charge in [0.25, 0.3) is 0 Å². The fourth-order valence-corrected chi connectivity index (χ4v) is 5.08. The van der Waals surface area contributed by atoms with E-state index in [1.807, 2.05) is 56.3 Å². The fraction of sp³-hybridized carbons (Fsp3) is 0.455. The summed E-state index contributed by atoms with van der Waals surface area (Å²) in [4.78, 5) is 5.59. The molecule has 1 aliphatic heterocycles. The number of hydroxylamine groups is 2. The van der Waals surface area contributed by atoms with Gasteiger partial charge in [-0.15, -0.1) is 0 Å². The van der Waals surface area contributed by atoms with E-state index in [2.05, 4.69) is 4.72 Å². The highest BCUT2D eigenvalue weighted by atomic mass is 32.2. The van der Waals surface area contributed by atoms with Crippen LogP contribution in [0.15, 0.2) is 48.5 Å². The number of ether oxygens (including phenoxy) is 2. The van der Waals surface area contributed by atoms with Gasteiger partial charge in [0.15, 0.2) is 11.5 Å². The van der Waals surface area contributed by atoms with Crippen LogP contribution in [0.1, 0.15) is 31.0 Å². The summed E-state index contributed by atoms with van der Waals surface area (Å²) in [7, 11) is -0.229. The highest BCUT2D eigenvalue weighted by Gasteiger charge is 2.43. The number of hydrogen-bond donors (Lipinski definition) is 1. The molecule has 7 nitrogen and oxygen atoms in total. The number of nitrogens with zero attached hydrogens (tertiary/aromatic N) is 1. The van der Waals surface area contributed by atoms with Crippen LogP contribution in [0.3, 0.4) is 0 Å². The van der Waals surface area contributed by atoms with Crippen LogP contribution in [0.4, 0.5) is 0 Å². The SMILES string of the molecule is COc1ccc([C@H]2[C@H](S(=O)(=O)NCC(C)C)CON2C)cc1OCc1ccccc1. The lowest BCUT2D eigenvalue weighted by Gasteiger charge is -2.24. The lowest BCUT2D eigenvalue weighted by molar-refractivity contribution is -0.110. The molecular formula is C22H30N2O5S. The van der Waals surface area contributed by atoms with Crippen LogP contribution in [-0.2, 0) is 21.5 Å². The number of hydrogen-bond acceptors (Lipinski definition) is 6. The van der Waals surface area contributed by atoms with Crippen molar-refractivity contribution in [3.63, 3.8) is 0 Å². The van der Waals surface area contributed by atoms with E-state index < -0.39 is 21.3 Å². The van der Waals surface area contributed by atoms with Crippen molar-refractivity contribution in [1.82, 2.24) is 9.79 Å². The third kappa shape index (κ3) is 5.31. The van der Waals surface area contributed by atoms with Crippen LogP contribution >= 0.6 is 0 Å². The average Bonchev–Trinajstić information content (AvgIpc) is 3.13. The molecule has 2 aromatic rings. The van der Waals surface area contributed by atoms with Crippen molar-refractivity contribution in [2.45, 2.75) is 31.7 Å². The van der Waals surface area contributed by atoms with Gasteiger partial charge >= 0.3 is 0 Å². The summed E-state index contributed by atoms with van der Waals surface area (Å²) >= 11 is 0. The standard InChI is InChI=1S/C22H30N2O5S/c1-16(2)13-23-30(25,26)21-15-29-24(3)22(21)18-10-11-19(27-4)20(12-18)28-14-17-8-6-5-7-9-17/h5-12,16,21-23H,13-15H2,1-4H3/t21-,22+/m1/s1. The van der Waals surface area contributed by atoms with Gasteiger partial charge in [-0.05, 0) is 29.2 Å². The zero-order valence-electron chi connectivity index (χ0n) is 17.9. The van der Waals surface area contributed by atoms with Gasteiger partial charge in [-0.3, -0.25) is 4.84 Å². The van der Waals surface area contributed by atoms with E-state index in [1.54, 1.807) is 25.3 Å². The highest BCUT2D eigenvalue weighted by Crippen LogP contribution is 2.38. The second kappa shape index (κ2) is 9.78. The van der Waals surface area contributed by atoms with E-state index in [0.29, 0.717) is 24.7 Å². The maximum Gasteiger partial charge on any atom is 0.218 e. The van der Waals surface area contributed by atoms with Gasteiger partial charge in [0.1, 0.15) is 11.9 Å². The predicted molar refractivity (Wildman–Crippen MR) is 116 cm³/mol. The van der Waals surface area contributed by atoms with E-state index in [4.69, 9.17) is 14.3 Å². The first kappa shape index (κ1) is 22.6. The fourth-order valence-electron chi connectivity index (χ4n) is 3.40. The van der Waals surface area contributed by atoms with Gasteiger partial charge < -0.3 is 9.47 Å². The summed E-state index contributed by atoms with van der Waals surface area (Å²) in [6.45, 7) is 4.81. The smallest absolute Gasteiger partial charge is 0.218 e. The maximum atomic E-state index is 12.9. The molecule has 0 spiro atoms. The molecule has 1 fully saturated rings. The molecule has 0 radical (unpaired) electrons. The Morgan fingerprint density at radius 2 is 1.90 bits per heavy atom. The number of benzene rings is 2. The summed E-state index contributed by atoms with van der Waals surface area (Å²) in [6.07, 6.45) is 0. The van der Waals surface area contributed by atoms with Crippen molar-refractivity contribution in [3.8, 4) is 11.5 Å². The molecule has 0 aliphatic carbocycles. The summed E-state index contributed by atoms with van der Waals surface area (Å²) in [5, 5.41) is 0.874. The minimum absolute atomic E-state index is 0.0980. The topological polar surface area (TPSA) is 77.1 Å². The van der Waals surface area contributed by atoms with Crippen LogP contribution in [-0.4, -0.2) is 46.0 Å². The lowest BCUT2D eigenvalue weighted by Crippen LogP contribution is -2.40. The Balaban J connectivity index is 1.85. The number of sulfonamides is 1. The van der Waals surface area contributed by atoms with Crippen molar-refractivity contribution < 1.29 is 22.7 Å². The first-order chi connectivity index (χ1) is 14.3. The molecule has 3 rings (SSSR count). The molecular weight excluding hydrogens is 404 g/mol. The summed E-state index contributed by atoms with van der Waals surface area (Å²) in [5.41, 5.74) is 1.82. The number of nitrogens with one attached hydrogen (secondary N) is 1. The maximum absolute atomic E-state index is 12.9. The lowest BCUT2D eigenvalue weighted by atomic mass is 10.0. The molecule has 164 valence electrons. The van der Waals surface area contributed by atoms with Crippen molar-refractivity contribution >= 4 is 10.0 Å². The second-order valence-electron chi connectivity index (χ2n) is 7.80. The third-order valence-corrected chi connectivity index (χ3v) is 6.80. The summed E-state index contributed by atoms with van der Waals surface area (Å²) in [6, 6.07) is 14.9. The van der Waals surface area contributed by atoms with E-state index in [9.17, 15) is 8.42 Å². The molecule has 2 aromatic carbocycles. The number of methoxy groups -OCH3 is 1. The third-order valence-electron chi connectivity index (χ3n) is 5.04. The summed E-state index contributed by atoms with van der Waals surface area (Å²) in [5.74, 6) is 1.37. The predicted octanol–water partition coefficient (Wildman–Crippen LogP) is 3.14. The van der Waals surface area contributed by atoms with Gasteiger partial charge in [-0.25, -0.2) is 13.1 Å². The molecule has 1 saturated heterocycles.